The summed E-state index contributed by atoms with van der Waals surface area (Å²) in [6.45, 7) is 6.48. The number of carbonyl (C=O) groups excluding carboxylic acids is 1. The number of nitrogens with zero attached hydrogens (tertiary/aromatic N) is 4. The highest BCUT2D eigenvalue weighted by Crippen LogP contribution is 2.38. The molecule has 2 aromatic rings. The van der Waals surface area contributed by atoms with Gasteiger partial charge in [-0.15, -0.1) is 0 Å². The molecule has 31 heavy (non-hydrogen) atoms. The largest absolute Gasteiger partial charge is 0.339 e. The lowest BCUT2D eigenvalue weighted by molar-refractivity contribution is -0.117. The molecule has 8 heteroatoms. The first-order valence-corrected chi connectivity index (χ1v) is 10.7. The number of rotatable bonds is 5. The number of hydrogen-bond donors (Lipinski definition) is 3. The van der Waals surface area contributed by atoms with Gasteiger partial charge in [0.25, 0.3) is 0 Å². The van der Waals surface area contributed by atoms with Gasteiger partial charge in [0.05, 0.1) is 17.1 Å². The van der Waals surface area contributed by atoms with Gasteiger partial charge in [0, 0.05) is 19.2 Å². The predicted molar refractivity (Wildman–Crippen MR) is 121 cm³/mol. The summed E-state index contributed by atoms with van der Waals surface area (Å²) in [6.07, 6.45) is 4.22. The van der Waals surface area contributed by atoms with Gasteiger partial charge in [-0.05, 0) is 63.4 Å². The zero-order chi connectivity index (χ0) is 21.8. The van der Waals surface area contributed by atoms with Crippen molar-refractivity contribution in [3.63, 3.8) is 0 Å². The van der Waals surface area contributed by atoms with Crippen molar-refractivity contribution in [2.24, 2.45) is 5.92 Å². The summed E-state index contributed by atoms with van der Waals surface area (Å²) in [5, 5.41) is 19.5. The molecule has 3 N–H and O–H groups in total. The molecule has 0 bridgehead atoms. The van der Waals surface area contributed by atoms with Crippen LogP contribution in [-0.4, -0.2) is 35.5 Å². The lowest BCUT2D eigenvalue weighted by Crippen LogP contribution is -2.32. The fraction of sp³-hybridized carbons (Fsp3) is 0.391. The Kier molecular flexibility index (Phi) is 6.14. The van der Waals surface area contributed by atoms with E-state index < -0.39 is 0 Å². The van der Waals surface area contributed by atoms with Crippen molar-refractivity contribution in [3.05, 3.63) is 47.5 Å². The molecule has 8 nitrogen and oxygen atoms in total. The summed E-state index contributed by atoms with van der Waals surface area (Å²) < 4.78 is 0. The first-order chi connectivity index (χ1) is 15.1. The van der Waals surface area contributed by atoms with E-state index in [2.05, 4.69) is 36.9 Å². The molecule has 0 aliphatic carbocycles. The smallest absolute Gasteiger partial charge is 0.229 e. The molecule has 1 unspecified atom stereocenters. The molecular weight excluding hydrogens is 390 g/mol. The van der Waals surface area contributed by atoms with Crippen molar-refractivity contribution in [3.8, 4) is 6.07 Å². The molecule has 2 aliphatic rings. The van der Waals surface area contributed by atoms with Gasteiger partial charge < -0.3 is 15.5 Å². The minimum absolute atomic E-state index is 0.101. The summed E-state index contributed by atoms with van der Waals surface area (Å²) in [7, 11) is 0. The predicted octanol–water partition coefficient (Wildman–Crippen LogP) is 3.26. The summed E-state index contributed by atoms with van der Waals surface area (Å²) in [6, 6.07) is 10.2. The molecule has 3 heterocycles. The monoisotopic (exact) mass is 417 g/mol. The zero-order valence-corrected chi connectivity index (χ0v) is 17.9. The number of aryl methyl sites for hydroxylation is 1. The zero-order valence-electron chi connectivity index (χ0n) is 17.9. The highest BCUT2D eigenvalue weighted by atomic mass is 16.1. The SMILES string of the molecule is CCN1/C(=C(\C#N)c2nc(NC(=O)CC3CCCNC3)ncc2C)Nc2ccccc21. The van der Waals surface area contributed by atoms with E-state index in [0.717, 1.165) is 42.9 Å². The molecule has 1 aromatic carbocycles. The van der Waals surface area contributed by atoms with Crippen LogP contribution in [0.15, 0.2) is 36.3 Å². The molecule has 1 saturated heterocycles. The number of fused-ring (bicyclic) bond motifs is 1. The van der Waals surface area contributed by atoms with Crippen LogP contribution in [-0.2, 0) is 4.79 Å². The standard InChI is InChI=1S/C23H27N7O/c1-3-30-19-9-5-4-8-18(19)27-22(30)17(12-24)21-15(2)13-26-23(29-21)28-20(31)11-16-7-6-10-25-14-16/h4-5,8-9,13,16,25,27H,3,6-7,10-11,14H2,1-2H3,(H,26,28,29,31)/b22-17+. The van der Waals surface area contributed by atoms with E-state index in [0.29, 0.717) is 36.0 Å². The molecule has 1 atom stereocenters. The minimum Gasteiger partial charge on any atom is -0.339 e. The molecule has 2 aliphatic heterocycles. The summed E-state index contributed by atoms with van der Waals surface area (Å²) in [5.74, 6) is 1.14. The molecule has 4 rings (SSSR count). The molecule has 1 aromatic heterocycles. The Bertz CT molecular complexity index is 1050. The van der Waals surface area contributed by atoms with Crippen LogP contribution >= 0.6 is 0 Å². The topological polar surface area (TPSA) is 106 Å². The lowest BCUT2D eigenvalue weighted by Gasteiger charge is -2.22. The quantitative estimate of drug-likeness (QED) is 0.641. The first kappa shape index (κ1) is 20.8. The second-order valence-electron chi connectivity index (χ2n) is 7.91. The number of carbonyl (C=O) groups is 1. The highest BCUT2D eigenvalue weighted by molar-refractivity contribution is 5.92. The fourth-order valence-corrected chi connectivity index (χ4v) is 4.17. The van der Waals surface area contributed by atoms with Crippen LogP contribution in [0.25, 0.3) is 5.57 Å². The van der Waals surface area contributed by atoms with Crippen LogP contribution < -0.4 is 20.9 Å². The van der Waals surface area contributed by atoms with E-state index >= 15 is 0 Å². The van der Waals surface area contributed by atoms with Gasteiger partial charge in [0.2, 0.25) is 11.9 Å². The van der Waals surface area contributed by atoms with Crippen molar-refractivity contribution in [1.29, 1.82) is 5.26 Å². The number of nitriles is 1. The molecular formula is C23H27N7O. The van der Waals surface area contributed by atoms with Crippen LogP contribution in [0, 0.1) is 24.2 Å². The Morgan fingerprint density at radius 1 is 1.39 bits per heavy atom. The van der Waals surface area contributed by atoms with E-state index in [1.165, 1.54) is 0 Å². The summed E-state index contributed by atoms with van der Waals surface area (Å²) in [5.41, 5.74) is 3.68. The van der Waals surface area contributed by atoms with E-state index in [4.69, 9.17) is 0 Å². The third kappa shape index (κ3) is 4.37. The van der Waals surface area contributed by atoms with Crippen LogP contribution in [0.3, 0.4) is 0 Å². The Morgan fingerprint density at radius 3 is 2.97 bits per heavy atom. The Balaban J connectivity index is 1.60. The number of aromatic nitrogens is 2. The van der Waals surface area contributed by atoms with Gasteiger partial charge in [0.1, 0.15) is 17.5 Å². The number of nitrogens with one attached hydrogen (secondary N) is 3. The van der Waals surface area contributed by atoms with Gasteiger partial charge >= 0.3 is 0 Å². The van der Waals surface area contributed by atoms with Crippen LogP contribution in [0.2, 0.25) is 0 Å². The molecule has 0 saturated carbocycles. The average Bonchev–Trinajstić information content (AvgIpc) is 3.15. The maximum atomic E-state index is 12.5. The molecule has 1 amide bonds. The Hall–Kier alpha value is -3.44. The van der Waals surface area contributed by atoms with Crippen molar-refractivity contribution < 1.29 is 4.79 Å². The lowest BCUT2D eigenvalue weighted by atomic mass is 9.96. The van der Waals surface area contributed by atoms with Crippen LogP contribution in [0.4, 0.5) is 17.3 Å². The normalized spacial score (nSPS) is 19.3. The first-order valence-electron chi connectivity index (χ1n) is 10.7. The van der Waals surface area contributed by atoms with Gasteiger partial charge in [-0.2, -0.15) is 5.26 Å². The van der Waals surface area contributed by atoms with E-state index in [1.807, 2.05) is 38.1 Å². The Morgan fingerprint density at radius 2 is 2.23 bits per heavy atom. The number of benzene rings is 1. The highest BCUT2D eigenvalue weighted by Gasteiger charge is 2.27. The molecule has 0 radical (unpaired) electrons. The fourth-order valence-electron chi connectivity index (χ4n) is 4.17. The van der Waals surface area contributed by atoms with Gasteiger partial charge in [-0.1, -0.05) is 12.1 Å². The second kappa shape index (κ2) is 9.14. The molecule has 0 spiro atoms. The van der Waals surface area contributed by atoms with E-state index in [1.54, 1.807) is 6.20 Å². The molecule has 1 fully saturated rings. The number of hydrogen-bond acceptors (Lipinski definition) is 7. The van der Waals surface area contributed by atoms with Crippen molar-refractivity contribution in [1.82, 2.24) is 15.3 Å². The third-order valence-electron chi connectivity index (χ3n) is 5.72. The van der Waals surface area contributed by atoms with Crippen molar-refractivity contribution >= 4 is 28.8 Å². The number of allylic oxidation sites excluding steroid dienone is 1. The summed E-state index contributed by atoms with van der Waals surface area (Å²) in [4.78, 5) is 23.4. The van der Waals surface area contributed by atoms with Crippen molar-refractivity contribution in [2.75, 3.05) is 35.2 Å². The van der Waals surface area contributed by atoms with Crippen molar-refractivity contribution in [2.45, 2.75) is 33.1 Å². The van der Waals surface area contributed by atoms with Crippen LogP contribution in [0.5, 0.6) is 0 Å². The van der Waals surface area contributed by atoms with E-state index in [-0.39, 0.29) is 11.9 Å². The van der Waals surface area contributed by atoms with Gasteiger partial charge in [-0.3, -0.25) is 10.1 Å². The Labute approximate surface area is 182 Å². The van der Waals surface area contributed by atoms with Gasteiger partial charge in [-0.25, -0.2) is 9.97 Å². The minimum atomic E-state index is -0.101. The molecule has 160 valence electrons. The van der Waals surface area contributed by atoms with E-state index in [9.17, 15) is 10.1 Å². The maximum absolute atomic E-state index is 12.5. The number of para-hydroxylation sites is 2. The number of anilines is 3. The average molecular weight is 418 g/mol. The van der Waals surface area contributed by atoms with Crippen LogP contribution in [0.1, 0.15) is 37.4 Å². The number of amides is 1. The second-order valence-corrected chi connectivity index (χ2v) is 7.91. The summed E-state index contributed by atoms with van der Waals surface area (Å²) >= 11 is 0. The third-order valence-corrected chi connectivity index (χ3v) is 5.72. The number of piperidine rings is 1. The maximum Gasteiger partial charge on any atom is 0.229 e. The van der Waals surface area contributed by atoms with Gasteiger partial charge in [0.15, 0.2) is 0 Å².